The van der Waals surface area contributed by atoms with Crippen molar-refractivity contribution in [1.82, 2.24) is 10.2 Å². The third-order valence-electron chi connectivity index (χ3n) is 6.27. The lowest BCUT2D eigenvalue weighted by Crippen LogP contribution is -2.39. The third-order valence-corrected chi connectivity index (χ3v) is 6.27. The number of amides is 3. The predicted molar refractivity (Wildman–Crippen MR) is 133 cm³/mol. The molecule has 0 saturated carbocycles. The second-order valence-electron chi connectivity index (χ2n) is 8.53. The summed E-state index contributed by atoms with van der Waals surface area (Å²) in [6.07, 6.45) is 0.714. The van der Waals surface area contributed by atoms with Gasteiger partial charge in [-0.1, -0.05) is 12.1 Å². The Hall–Kier alpha value is -4.40. The number of anilines is 1. The van der Waals surface area contributed by atoms with Gasteiger partial charge in [0.2, 0.25) is 6.79 Å². The van der Waals surface area contributed by atoms with E-state index in [0.29, 0.717) is 60.3 Å². The van der Waals surface area contributed by atoms with Crippen LogP contribution in [0.4, 0.5) is 10.5 Å². The molecule has 9 nitrogen and oxygen atoms in total. The highest BCUT2D eigenvalue weighted by Gasteiger charge is 2.23. The average molecular weight is 490 g/mol. The lowest BCUT2D eigenvalue weighted by molar-refractivity contribution is 0.0950. The van der Waals surface area contributed by atoms with Crippen molar-refractivity contribution in [3.05, 3.63) is 76.9 Å². The normalized spacial score (nSPS) is 13.6. The molecule has 3 aromatic rings. The molecule has 0 unspecified atom stereocenters. The molecule has 186 valence electrons. The number of ether oxygens (including phenoxy) is 4. The van der Waals surface area contributed by atoms with Gasteiger partial charge in [0.05, 0.1) is 14.2 Å². The second kappa shape index (κ2) is 10.1. The van der Waals surface area contributed by atoms with Gasteiger partial charge >= 0.3 is 6.03 Å². The van der Waals surface area contributed by atoms with E-state index in [1.807, 2.05) is 30.3 Å². The van der Waals surface area contributed by atoms with Gasteiger partial charge < -0.3 is 34.5 Å². The minimum absolute atomic E-state index is 0.205. The fourth-order valence-corrected chi connectivity index (χ4v) is 4.33. The molecule has 3 aromatic carbocycles. The van der Waals surface area contributed by atoms with Gasteiger partial charge in [0, 0.05) is 30.9 Å². The summed E-state index contributed by atoms with van der Waals surface area (Å²) in [5.74, 6) is 2.45. The Bertz CT molecular complexity index is 1310. The lowest BCUT2D eigenvalue weighted by atomic mass is 9.99. The van der Waals surface area contributed by atoms with E-state index >= 15 is 0 Å². The molecule has 2 aliphatic heterocycles. The van der Waals surface area contributed by atoms with Crippen LogP contribution >= 0.6 is 0 Å². The van der Waals surface area contributed by atoms with Crippen molar-refractivity contribution in [2.45, 2.75) is 19.5 Å². The van der Waals surface area contributed by atoms with E-state index in [2.05, 4.69) is 10.6 Å². The zero-order valence-electron chi connectivity index (χ0n) is 20.1. The summed E-state index contributed by atoms with van der Waals surface area (Å²) in [4.78, 5) is 27.4. The monoisotopic (exact) mass is 489 g/mol. The van der Waals surface area contributed by atoms with Crippen LogP contribution in [-0.4, -0.2) is 44.4 Å². The lowest BCUT2D eigenvalue weighted by Gasteiger charge is -2.29. The molecule has 9 heteroatoms. The minimum atomic E-state index is -0.239. The summed E-state index contributed by atoms with van der Waals surface area (Å²) in [5.41, 5.74) is 4.06. The number of benzene rings is 3. The quantitative estimate of drug-likeness (QED) is 0.544. The van der Waals surface area contributed by atoms with E-state index in [9.17, 15) is 9.59 Å². The number of methoxy groups -OCH3 is 2. The van der Waals surface area contributed by atoms with Gasteiger partial charge in [-0.3, -0.25) is 4.79 Å². The molecule has 0 atom stereocenters. The van der Waals surface area contributed by atoms with Crippen molar-refractivity contribution in [3.63, 3.8) is 0 Å². The summed E-state index contributed by atoms with van der Waals surface area (Å²) in [6.45, 7) is 1.57. The number of nitrogens with zero attached hydrogens (tertiary/aromatic N) is 1. The molecule has 2 heterocycles. The SMILES string of the molecule is COc1cc2c(cc1OC)CN(C(=O)Nc1cccc(C(=O)NCc3ccc4c(c3)OCO4)c1)CC2. The summed E-state index contributed by atoms with van der Waals surface area (Å²) >= 11 is 0. The van der Waals surface area contributed by atoms with Crippen LogP contribution in [0.25, 0.3) is 0 Å². The highest BCUT2D eigenvalue weighted by Crippen LogP contribution is 2.34. The van der Waals surface area contributed by atoms with Crippen molar-refractivity contribution in [2.24, 2.45) is 0 Å². The number of fused-ring (bicyclic) bond motifs is 2. The van der Waals surface area contributed by atoms with E-state index in [4.69, 9.17) is 18.9 Å². The van der Waals surface area contributed by atoms with Crippen molar-refractivity contribution in [2.75, 3.05) is 32.9 Å². The highest BCUT2D eigenvalue weighted by molar-refractivity contribution is 5.97. The maximum atomic E-state index is 13.0. The van der Waals surface area contributed by atoms with Crippen LogP contribution in [0.1, 0.15) is 27.0 Å². The number of urea groups is 1. The second-order valence-corrected chi connectivity index (χ2v) is 8.53. The van der Waals surface area contributed by atoms with Crippen molar-refractivity contribution < 1.29 is 28.5 Å². The number of carbonyl (C=O) groups is 2. The molecule has 36 heavy (non-hydrogen) atoms. The van der Waals surface area contributed by atoms with Gasteiger partial charge in [-0.15, -0.1) is 0 Å². The van der Waals surface area contributed by atoms with Gasteiger partial charge in [0.1, 0.15) is 0 Å². The predicted octanol–water partition coefficient (Wildman–Crippen LogP) is 3.95. The molecule has 0 aromatic heterocycles. The average Bonchev–Trinajstić information content (AvgIpc) is 3.38. The van der Waals surface area contributed by atoms with Gasteiger partial charge in [-0.25, -0.2) is 4.79 Å². The summed E-state index contributed by atoms with van der Waals surface area (Å²) in [6, 6.07) is 16.1. The molecule has 0 fully saturated rings. The van der Waals surface area contributed by atoms with Gasteiger partial charge in [-0.05, 0) is 65.6 Å². The first-order valence-corrected chi connectivity index (χ1v) is 11.6. The third kappa shape index (κ3) is 4.86. The standard InChI is InChI=1S/C27H27N3O6/c1-33-23-12-18-8-9-30(15-20(18)13-24(23)34-2)27(32)29-21-5-3-4-19(11-21)26(31)28-14-17-6-7-22-25(10-17)36-16-35-22/h3-7,10-13H,8-9,14-16H2,1-2H3,(H,28,31)(H,29,32). The van der Waals surface area contributed by atoms with Crippen LogP contribution in [0.5, 0.6) is 23.0 Å². The first-order chi connectivity index (χ1) is 17.5. The number of rotatable bonds is 6. The number of hydrogen-bond donors (Lipinski definition) is 2. The molecular formula is C27H27N3O6. The van der Waals surface area contributed by atoms with E-state index in [1.165, 1.54) is 0 Å². The Labute approximate surface area is 208 Å². The molecule has 5 rings (SSSR count). The zero-order chi connectivity index (χ0) is 25.1. The van der Waals surface area contributed by atoms with Crippen LogP contribution in [-0.2, 0) is 19.5 Å². The Kier molecular flexibility index (Phi) is 6.53. The van der Waals surface area contributed by atoms with Gasteiger partial charge in [0.15, 0.2) is 23.0 Å². The largest absolute Gasteiger partial charge is 0.493 e. The fourth-order valence-electron chi connectivity index (χ4n) is 4.33. The van der Waals surface area contributed by atoms with Crippen molar-refractivity contribution in [1.29, 1.82) is 0 Å². The first kappa shape index (κ1) is 23.3. The zero-order valence-corrected chi connectivity index (χ0v) is 20.1. The molecule has 0 bridgehead atoms. The van der Waals surface area contributed by atoms with Gasteiger partial charge in [-0.2, -0.15) is 0 Å². The van der Waals surface area contributed by atoms with E-state index < -0.39 is 0 Å². The minimum Gasteiger partial charge on any atom is -0.493 e. The van der Waals surface area contributed by atoms with Crippen LogP contribution in [0.2, 0.25) is 0 Å². The van der Waals surface area contributed by atoms with Crippen LogP contribution < -0.4 is 29.6 Å². The van der Waals surface area contributed by atoms with Crippen molar-refractivity contribution >= 4 is 17.6 Å². The molecule has 0 radical (unpaired) electrons. The van der Waals surface area contributed by atoms with Gasteiger partial charge in [0.25, 0.3) is 5.91 Å². The Balaban J connectivity index is 1.20. The number of hydrogen-bond acceptors (Lipinski definition) is 6. The summed E-state index contributed by atoms with van der Waals surface area (Å²) < 4.78 is 21.5. The molecule has 2 aliphatic rings. The topological polar surface area (TPSA) is 98.4 Å². The highest BCUT2D eigenvalue weighted by atomic mass is 16.7. The Morgan fingerprint density at radius 1 is 0.944 bits per heavy atom. The van der Waals surface area contributed by atoms with E-state index in [0.717, 1.165) is 16.7 Å². The number of nitrogens with one attached hydrogen (secondary N) is 2. The molecule has 3 amide bonds. The fraction of sp³-hybridized carbons (Fsp3) is 0.259. The van der Waals surface area contributed by atoms with Crippen molar-refractivity contribution in [3.8, 4) is 23.0 Å². The Morgan fingerprint density at radius 3 is 2.53 bits per heavy atom. The summed E-state index contributed by atoms with van der Waals surface area (Å²) in [7, 11) is 3.20. The molecule has 0 saturated heterocycles. The maximum Gasteiger partial charge on any atom is 0.322 e. The van der Waals surface area contributed by atoms with E-state index in [1.54, 1.807) is 43.4 Å². The smallest absolute Gasteiger partial charge is 0.322 e. The summed E-state index contributed by atoms with van der Waals surface area (Å²) in [5, 5.41) is 5.81. The Morgan fingerprint density at radius 2 is 1.72 bits per heavy atom. The first-order valence-electron chi connectivity index (χ1n) is 11.6. The maximum absolute atomic E-state index is 13.0. The molecular weight excluding hydrogens is 462 g/mol. The number of carbonyl (C=O) groups excluding carboxylic acids is 2. The molecule has 0 spiro atoms. The van der Waals surface area contributed by atoms with Crippen LogP contribution in [0, 0.1) is 0 Å². The molecule has 0 aliphatic carbocycles. The van der Waals surface area contributed by atoms with Crippen LogP contribution in [0.3, 0.4) is 0 Å². The van der Waals surface area contributed by atoms with E-state index in [-0.39, 0.29) is 18.7 Å². The van der Waals surface area contributed by atoms with Crippen LogP contribution in [0.15, 0.2) is 54.6 Å². The molecule has 2 N–H and O–H groups in total.